The predicted molar refractivity (Wildman–Crippen MR) is 129 cm³/mol. The number of likely N-dealkylation sites (tertiary alicyclic amines) is 1. The fraction of sp³-hybridized carbons (Fsp3) is 0.667. The second-order valence-electron chi connectivity index (χ2n) is 9.85. The molecule has 1 heterocycles. The van der Waals surface area contributed by atoms with E-state index < -0.39 is 11.7 Å². The minimum Gasteiger partial charge on any atom is -0.486 e. The van der Waals surface area contributed by atoms with E-state index in [2.05, 4.69) is 28.7 Å². The Morgan fingerprint density at radius 1 is 1.22 bits per heavy atom. The second-order valence-corrected chi connectivity index (χ2v) is 11.0. The average molecular weight is 559 g/mol. The maximum atomic E-state index is 12.2. The van der Waals surface area contributed by atoms with Crippen molar-refractivity contribution in [2.75, 3.05) is 26.8 Å². The van der Waals surface area contributed by atoms with Gasteiger partial charge in [0.2, 0.25) is 0 Å². The summed E-state index contributed by atoms with van der Waals surface area (Å²) in [6, 6.07) is 6.04. The highest BCUT2D eigenvalue weighted by Gasteiger charge is 2.41. The van der Waals surface area contributed by atoms with E-state index in [1.165, 1.54) is 7.11 Å². The van der Waals surface area contributed by atoms with Crippen LogP contribution in [0.25, 0.3) is 0 Å². The average Bonchev–Trinajstić information content (AvgIpc) is 3.51. The fourth-order valence-corrected chi connectivity index (χ4v) is 4.71. The van der Waals surface area contributed by atoms with Crippen LogP contribution in [-0.4, -0.2) is 60.6 Å². The van der Waals surface area contributed by atoms with Crippen LogP contribution in [0.1, 0.15) is 52.0 Å². The summed E-state index contributed by atoms with van der Waals surface area (Å²) in [5.74, 6) is 0.845. The van der Waals surface area contributed by atoms with Crippen molar-refractivity contribution in [1.82, 2.24) is 4.90 Å². The molecule has 1 N–H and O–H groups in total. The zero-order valence-electron chi connectivity index (χ0n) is 19.5. The number of rotatable bonds is 8. The van der Waals surface area contributed by atoms with Gasteiger partial charge in [0.05, 0.1) is 23.2 Å². The topological polar surface area (TPSA) is 85.3 Å². The van der Waals surface area contributed by atoms with Crippen molar-refractivity contribution < 1.29 is 28.9 Å². The van der Waals surface area contributed by atoms with Crippen LogP contribution in [0.2, 0.25) is 0 Å². The highest BCUT2D eigenvalue weighted by molar-refractivity contribution is 14.1. The van der Waals surface area contributed by atoms with E-state index in [0.717, 1.165) is 22.0 Å². The summed E-state index contributed by atoms with van der Waals surface area (Å²) in [6.07, 6.45) is 1.45. The molecule has 2 fully saturated rings. The van der Waals surface area contributed by atoms with Crippen molar-refractivity contribution in [3.63, 3.8) is 0 Å². The number of ether oxygens (including phenoxy) is 3. The summed E-state index contributed by atoms with van der Waals surface area (Å²) in [5, 5.41) is 9.97. The number of methoxy groups -OCH3 is 1. The molecule has 2 aliphatic rings. The predicted octanol–water partition coefficient (Wildman–Crippen LogP) is 4.20. The molecule has 1 aromatic carbocycles. The third kappa shape index (κ3) is 6.07. The standard InChI is InChI=1S/C24H34INO6/c1-14(22(28)30-5)21(15-6-7-15)16-8-9-18(25)19(10-16)31-20(13-27)17-11-26(12-17)23(29)32-24(2,3)4/h8-10,14-15,17,20-21,27H,6-7,11-13H2,1-5H3/t14-,20-,21-/m0/s1. The minimum absolute atomic E-state index is 0.0280. The monoisotopic (exact) mass is 559 g/mol. The first-order chi connectivity index (χ1) is 15.0. The van der Waals surface area contributed by atoms with E-state index in [-0.39, 0.29) is 36.4 Å². The molecule has 178 valence electrons. The van der Waals surface area contributed by atoms with Gasteiger partial charge in [0.15, 0.2) is 0 Å². The summed E-state index contributed by atoms with van der Waals surface area (Å²) in [7, 11) is 1.43. The lowest BCUT2D eigenvalue weighted by atomic mass is 9.83. The molecule has 1 saturated heterocycles. The Kier molecular flexibility index (Phi) is 7.96. The molecule has 0 unspecified atom stereocenters. The fourth-order valence-electron chi connectivity index (χ4n) is 4.24. The van der Waals surface area contributed by atoms with E-state index in [1.54, 1.807) is 4.90 Å². The first-order valence-electron chi connectivity index (χ1n) is 11.2. The van der Waals surface area contributed by atoms with Gasteiger partial charge in [-0.3, -0.25) is 4.79 Å². The molecule has 0 bridgehead atoms. The number of benzene rings is 1. The van der Waals surface area contributed by atoms with Crippen LogP contribution in [0.3, 0.4) is 0 Å². The Labute approximate surface area is 203 Å². The zero-order valence-corrected chi connectivity index (χ0v) is 21.6. The van der Waals surface area contributed by atoms with Crippen LogP contribution in [-0.2, 0) is 14.3 Å². The molecule has 0 aromatic heterocycles. The number of esters is 1. The molecular weight excluding hydrogens is 525 g/mol. The van der Waals surface area contributed by atoms with Crippen molar-refractivity contribution in [3.05, 3.63) is 27.3 Å². The molecule has 7 nitrogen and oxygen atoms in total. The van der Waals surface area contributed by atoms with Crippen LogP contribution in [0.4, 0.5) is 4.79 Å². The van der Waals surface area contributed by atoms with Gasteiger partial charge in [0.25, 0.3) is 0 Å². The molecule has 0 radical (unpaired) electrons. The Morgan fingerprint density at radius 2 is 1.88 bits per heavy atom. The molecule has 1 aliphatic carbocycles. The van der Waals surface area contributed by atoms with Gasteiger partial charge >= 0.3 is 12.1 Å². The number of hydrogen-bond acceptors (Lipinski definition) is 6. The number of aliphatic hydroxyl groups is 1. The molecule has 0 spiro atoms. The second kappa shape index (κ2) is 10.2. The Hall–Kier alpha value is -1.55. The first-order valence-corrected chi connectivity index (χ1v) is 12.2. The molecule has 1 saturated carbocycles. The summed E-state index contributed by atoms with van der Waals surface area (Å²) in [6.45, 7) is 8.27. The van der Waals surface area contributed by atoms with Gasteiger partial charge in [-0.25, -0.2) is 4.79 Å². The van der Waals surface area contributed by atoms with Gasteiger partial charge in [-0.05, 0) is 85.7 Å². The molecule has 1 aliphatic heterocycles. The molecule has 3 atom stereocenters. The van der Waals surface area contributed by atoms with Crippen LogP contribution < -0.4 is 4.74 Å². The highest BCUT2D eigenvalue weighted by atomic mass is 127. The van der Waals surface area contributed by atoms with Crippen molar-refractivity contribution in [3.8, 4) is 5.75 Å². The van der Waals surface area contributed by atoms with E-state index in [1.807, 2.05) is 39.8 Å². The highest BCUT2D eigenvalue weighted by Crippen LogP contribution is 2.48. The smallest absolute Gasteiger partial charge is 0.410 e. The maximum absolute atomic E-state index is 12.2. The van der Waals surface area contributed by atoms with Gasteiger partial charge in [0, 0.05) is 19.0 Å². The molecule has 8 heteroatoms. The number of carbonyl (C=O) groups is 2. The zero-order chi connectivity index (χ0) is 23.6. The SMILES string of the molecule is COC(=O)[C@@H](C)[C@H](c1ccc(I)c(O[C@@H](CO)C2CN(C(=O)OC(C)(C)C)C2)c1)C1CC1. The minimum atomic E-state index is -0.537. The molecule has 3 rings (SSSR count). The third-order valence-corrected chi connectivity index (χ3v) is 7.02. The van der Waals surface area contributed by atoms with Gasteiger partial charge < -0.3 is 24.2 Å². The van der Waals surface area contributed by atoms with Crippen LogP contribution in [0, 0.1) is 21.3 Å². The van der Waals surface area contributed by atoms with E-state index in [4.69, 9.17) is 14.2 Å². The summed E-state index contributed by atoms with van der Waals surface area (Å²) in [4.78, 5) is 26.0. The number of nitrogens with zero attached hydrogens (tertiary/aromatic N) is 1. The van der Waals surface area contributed by atoms with Gasteiger partial charge in [-0.1, -0.05) is 13.0 Å². The number of hydrogen-bond donors (Lipinski definition) is 1. The number of carbonyl (C=O) groups excluding carboxylic acids is 2. The van der Waals surface area contributed by atoms with Crippen molar-refractivity contribution >= 4 is 34.7 Å². The molecule has 1 amide bonds. The van der Waals surface area contributed by atoms with E-state index in [0.29, 0.717) is 24.8 Å². The van der Waals surface area contributed by atoms with E-state index in [9.17, 15) is 14.7 Å². The quantitative estimate of drug-likeness (QED) is 0.380. The van der Waals surface area contributed by atoms with Crippen molar-refractivity contribution in [2.24, 2.45) is 17.8 Å². The number of aliphatic hydroxyl groups excluding tert-OH is 1. The van der Waals surface area contributed by atoms with Crippen LogP contribution in [0.15, 0.2) is 18.2 Å². The molecular formula is C24H34INO6. The lowest BCUT2D eigenvalue weighted by Crippen LogP contribution is -2.57. The van der Waals surface area contributed by atoms with Crippen LogP contribution >= 0.6 is 22.6 Å². The number of amides is 1. The van der Waals surface area contributed by atoms with Gasteiger partial charge in [0.1, 0.15) is 17.5 Å². The summed E-state index contributed by atoms with van der Waals surface area (Å²) >= 11 is 2.22. The summed E-state index contributed by atoms with van der Waals surface area (Å²) in [5.41, 5.74) is 0.520. The van der Waals surface area contributed by atoms with Crippen LogP contribution in [0.5, 0.6) is 5.75 Å². The third-order valence-electron chi connectivity index (χ3n) is 6.13. The molecule has 32 heavy (non-hydrogen) atoms. The van der Waals surface area contributed by atoms with Crippen molar-refractivity contribution in [2.45, 2.75) is 58.2 Å². The lowest BCUT2D eigenvalue weighted by Gasteiger charge is -2.42. The summed E-state index contributed by atoms with van der Waals surface area (Å²) < 4.78 is 17.6. The normalized spacial score (nSPS) is 19.5. The Bertz CT molecular complexity index is 828. The Balaban J connectivity index is 1.69. The lowest BCUT2D eigenvalue weighted by molar-refractivity contribution is -0.145. The van der Waals surface area contributed by atoms with Gasteiger partial charge in [-0.15, -0.1) is 0 Å². The molecule has 1 aromatic rings. The first kappa shape index (κ1) is 25.1. The number of halogens is 1. The van der Waals surface area contributed by atoms with E-state index >= 15 is 0 Å². The maximum Gasteiger partial charge on any atom is 0.410 e. The van der Waals surface area contributed by atoms with Crippen molar-refractivity contribution in [1.29, 1.82) is 0 Å². The largest absolute Gasteiger partial charge is 0.486 e. The Morgan fingerprint density at radius 3 is 2.41 bits per heavy atom. The van der Waals surface area contributed by atoms with Gasteiger partial charge in [-0.2, -0.15) is 0 Å².